The summed E-state index contributed by atoms with van der Waals surface area (Å²) in [5, 5.41) is 2.84. The molecule has 18 heavy (non-hydrogen) atoms. The third-order valence-electron chi connectivity index (χ3n) is 3.12. The molecule has 0 aliphatic carbocycles. The van der Waals surface area contributed by atoms with E-state index >= 15 is 0 Å². The summed E-state index contributed by atoms with van der Waals surface area (Å²) < 4.78 is 0. The van der Waals surface area contributed by atoms with E-state index in [1.54, 1.807) is 6.20 Å². The van der Waals surface area contributed by atoms with Crippen LogP contribution in [0.3, 0.4) is 0 Å². The van der Waals surface area contributed by atoms with Crippen LogP contribution >= 0.6 is 0 Å². The molecule has 0 fully saturated rings. The second-order valence-electron chi connectivity index (χ2n) is 5.42. The lowest BCUT2D eigenvalue weighted by Crippen LogP contribution is -2.21. The Labute approximate surface area is 109 Å². The molecule has 1 aromatic heterocycles. The van der Waals surface area contributed by atoms with Gasteiger partial charge in [-0.3, -0.25) is 4.79 Å². The standard InChI is InChI=1S/C14H23N3O/c1-11-5-4-10-16-13(11)17-12(18)6-7-14(2,3)8-9-15/h4-5,10H,6-9,15H2,1-3H3,(H,16,17,18). The van der Waals surface area contributed by atoms with Crippen molar-refractivity contribution in [3.05, 3.63) is 23.9 Å². The van der Waals surface area contributed by atoms with E-state index < -0.39 is 0 Å². The highest BCUT2D eigenvalue weighted by Gasteiger charge is 2.18. The number of anilines is 1. The Kier molecular flexibility index (Phi) is 5.28. The van der Waals surface area contributed by atoms with Crippen molar-refractivity contribution >= 4 is 11.7 Å². The van der Waals surface area contributed by atoms with Gasteiger partial charge in [0, 0.05) is 12.6 Å². The zero-order valence-corrected chi connectivity index (χ0v) is 11.5. The number of nitrogens with zero attached hydrogens (tertiary/aromatic N) is 1. The summed E-state index contributed by atoms with van der Waals surface area (Å²) in [5.74, 6) is 0.668. The van der Waals surface area contributed by atoms with E-state index in [1.165, 1.54) is 0 Å². The average Bonchev–Trinajstić information content (AvgIpc) is 2.30. The van der Waals surface area contributed by atoms with Crippen LogP contribution < -0.4 is 11.1 Å². The minimum atomic E-state index is 0.0156. The highest BCUT2D eigenvalue weighted by molar-refractivity contribution is 5.90. The summed E-state index contributed by atoms with van der Waals surface area (Å²) in [6, 6.07) is 3.79. The number of rotatable bonds is 6. The fourth-order valence-electron chi connectivity index (χ4n) is 1.78. The number of hydrogen-bond donors (Lipinski definition) is 2. The van der Waals surface area contributed by atoms with Crippen LogP contribution in [0.4, 0.5) is 5.82 Å². The number of amides is 1. The molecule has 0 radical (unpaired) electrons. The Hall–Kier alpha value is -1.42. The van der Waals surface area contributed by atoms with Gasteiger partial charge in [0.05, 0.1) is 0 Å². The van der Waals surface area contributed by atoms with E-state index in [2.05, 4.69) is 24.1 Å². The molecule has 1 aromatic rings. The lowest BCUT2D eigenvalue weighted by molar-refractivity contribution is -0.116. The number of carbonyl (C=O) groups is 1. The molecule has 4 heteroatoms. The minimum absolute atomic E-state index is 0.0156. The maximum Gasteiger partial charge on any atom is 0.225 e. The van der Waals surface area contributed by atoms with Crippen LogP contribution in [0, 0.1) is 12.3 Å². The first-order chi connectivity index (χ1) is 8.44. The Balaban J connectivity index is 2.46. The van der Waals surface area contributed by atoms with Crippen molar-refractivity contribution in [1.29, 1.82) is 0 Å². The Morgan fingerprint density at radius 3 is 2.78 bits per heavy atom. The van der Waals surface area contributed by atoms with Crippen LogP contribution in [-0.4, -0.2) is 17.4 Å². The van der Waals surface area contributed by atoms with Gasteiger partial charge in [0.15, 0.2) is 0 Å². The molecule has 0 unspecified atom stereocenters. The van der Waals surface area contributed by atoms with Crippen molar-refractivity contribution in [3.63, 3.8) is 0 Å². The van der Waals surface area contributed by atoms with Gasteiger partial charge >= 0.3 is 0 Å². The van der Waals surface area contributed by atoms with Gasteiger partial charge in [0.25, 0.3) is 0 Å². The number of aryl methyl sites for hydroxylation is 1. The van der Waals surface area contributed by atoms with Crippen LogP contribution in [0.15, 0.2) is 18.3 Å². The molecule has 0 aromatic carbocycles. The van der Waals surface area contributed by atoms with Gasteiger partial charge in [-0.15, -0.1) is 0 Å². The van der Waals surface area contributed by atoms with Gasteiger partial charge in [-0.05, 0) is 43.4 Å². The number of nitrogens with two attached hydrogens (primary N) is 1. The molecule has 0 atom stereocenters. The minimum Gasteiger partial charge on any atom is -0.330 e. The highest BCUT2D eigenvalue weighted by Crippen LogP contribution is 2.26. The second-order valence-corrected chi connectivity index (χ2v) is 5.42. The molecule has 0 saturated heterocycles. The zero-order chi connectivity index (χ0) is 13.6. The Morgan fingerprint density at radius 1 is 1.44 bits per heavy atom. The molecule has 3 N–H and O–H groups in total. The van der Waals surface area contributed by atoms with E-state index in [0.717, 1.165) is 18.4 Å². The molecular weight excluding hydrogens is 226 g/mol. The molecule has 1 rings (SSSR count). The number of aromatic nitrogens is 1. The van der Waals surface area contributed by atoms with Crippen molar-refractivity contribution < 1.29 is 4.79 Å². The molecule has 0 bridgehead atoms. The topological polar surface area (TPSA) is 68.0 Å². The van der Waals surface area contributed by atoms with Crippen molar-refractivity contribution in [2.75, 3.05) is 11.9 Å². The summed E-state index contributed by atoms with van der Waals surface area (Å²) in [6.45, 7) is 6.87. The predicted octanol–water partition coefficient (Wildman–Crippen LogP) is 2.48. The van der Waals surface area contributed by atoms with E-state index in [9.17, 15) is 4.79 Å². The van der Waals surface area contributed by atoms with Gasteiger partial charge in [0.1, 0.15) is 5.82 Å². The third-order valence-corrected chi connectivity index (χ3v) is 3.12. The predicted molar refractivity (Wildman–Crippen MR) is 74.3 cm³/mol. The highest BCUT2D eigenvalue weighted by atomic mass is 16.1. The van der Waals surface area contributed by atoms with Crippen molar-refractivity contribution in [2.24, 2.45) is 11.1 Å². The summed E-state index contributed by atoms with van der Waals surface area (Å²) in [4.78, 5) is 16.0. The third kappa shape index (κ3) is 4.84. The SMILES string of the molecule is Cc1cccnc1NC(=O)CCC(C)(C)CCN. The lowest BCUT2D eigenvalue weighted by atomic mass is 9.84. The first-order valence-electron chi connectivity index (χ1n) is 6.36. The van der Waals surface area contributed by atoms with Crippen molar-refractivity contribution in [1.82, 2.24) is 4.98 Å². The Bertz CT molecular complexity index is 402. The number of pyridine rings is 1. The van der Waals surface area contributed by atoms with Gasteiger partial charge in [-0.2, -0.15) is 0 Å². The summed E-state index contributed by atoms with van der Waals surface area (Å²) in [7, 11) is 0. The van der Waals surface area contributed by atoms with Crippen LogP contribution in [0.5, 0.6) is 0 Å². The van der Waals surface area contributed by atoms with Crippen LogP contribution in [0.1, 0.15) is 38.7 Å². The van der Waals surface area contributed by atoms with Crippen LogP contribution in [0.2, 0.25) is 0 Å². The molecule has 0 spiro atoms. The average molecular weight is 249 g/mol. The second kappa shape index (κ2) is 6.50. The molecule has 1 amide bonds. The fourth-order valence-corrected chi connectivity index (χ4v) is 1.78. The molecule has 0 saturated carbocycles. The lowest BCUT2D eigenvalue weighted by Gasteiger charge is -2.23. The number of carbonyl (C=O) groups excluding carboxylic acids is 1. The maximum atomic E-state index is 11.8. The largest absolute Gasteiger partial charge is 0.330 e. The van der Waals surface area contributed by atoms with Crippen LogP contribution in [-0.2, 0) is 4.79 Å². The van der Waals surface area contributed by atoms with Crippen molar-refractivity contribution in [3.8, 4) is 0 Å². The summed E-state index contributed by atoms with van der Waals surface area (Å²) in [5.41, 5.74) is 6.65. The summed E-state index contributed by atoms with van der Waals surface area (Å²) >= 11 is 0. The van der Waals surface area contributed by atoms with Gasteiger partial charge in [-0.1, -0.05) is 19.9 Å². The van der Waals surface area contributed by atoms with Gasteiger partial charge in [0.2, 0.25) is 5.91 Å². The van der Waals surface area contributed by atoms with E-state index in [0.29, 0.717) is 18.8 Å². The summed E-state index contributed by atoms with van der Waals surface area (Å²) in [6.07, 6.45) is 3.95. The number of nitrogens with one attached hydrogen (secondary N) is 1. The molecule has 4 nitrogen and oxygen atoms in total. The molecule has 100 valence electrons. The Morgan fingerprint density at radius 2 is 2.17 bits per heavy atom. The quantitative estimate of drug-likeness (QED) is 0.814. The smallest absolute Gasteiger partial charge is 0.225 e. The maximum absolute atomic E-state index is 11.8. The van der Waals surface area contributed by atoms with Gasteiger partial charge in [-0.25, -0.2) is 4.98 Å². The van der Waals surface area contributed by atoms with Gasteiger partial charge < -0.3 is 11.1 Å². The number of hydrogen-bond acceptors (Lipinski definition) is 3. The molecule has 0 aliphatic rings. The zero-order valence-electron chi connectivity index (χ0n) is 11.5. The fraction of sp³-hybridized carbons (Fsp3) is 0.571. The molecule has 0 aliphatic heterocycles. The molecule has 1 heterocycles. The van der Waals surface area contributed by atoms with E-state index in [1.807, 2.05) is 19.1 Å². The monoisotopic (exact) mass is 249 g/mol. The van der Waals surface area contributed by atoms with E-state index in [4.69, 9.17) is 5.73 Å². The molecular formula is C14H23N3O. The van der Waals surface area contributed by atoms with Crippen molar-refractivity contribution in [2.45, 2.75) is 40.0 Å². The first kappa shape index (κ1) is 14.6. The first-order valence-corrected chi connectivity index (χ1v) is 6.36. The van der Waals surface area contributed by atoms with E-state index in [-0.39, 0.29) is 11.3 Å². The normalized spacial score (nSPS) is 11.3. The van der Waals surface area contributed by atoms with Crippen LogP contribution in [0.25, 0.3) is 0 Å².